The Balaban J connectivity index is 1.76. The second-order valence-electron chi connectivity index (χ2n) is 6.09. The molecule has 5 nitrogen and oxygen atoms in total. The van der Waals surface area contributed by atoms with Crippen molar-refractivity contribution in [2.45, 2.75) is 12.8 Å². The average Bonchev–Trinajstić information content (AvgIpc) is 3.04. The monoisotopic (exact) mass is 366 g/mol. The van der Waals surface area contributed by atoms with Crippen molar-refractivity contribution in [1.29, 1.82) is 0 Å². The van der Waals surface area contributed by atoms with E-state index >= 15 is 0 Å². The summed E-state index contributed by atoms with van der Waals surface area (Å²) >= 11 is 12.1. The van der Waals surface area contributed by atoms with Gasteiger partial charge < -0.3 is 10.2 Å². The molecule has 0 spiro atoms. The number of rotatable bonds is 4. The van der Waals surface area contributed by atoms with E-state index in [1.807, 2.05) is 11.9 Å². The Bertz CT molecular complexity index is 729. The topological polar surface area (TPSA) is 50.2 Å². The number of nitrogens with zero attached hydrogens (tertiary/aromatic N) is 3. The summed E-state index contributed by atoms with van der Waals surface area (Å²) in [5.74, 6) is 0.528. The molecule has 0 bridgehead atoms. The minimum atomic E-state index is 0.0205. The Morgan fingerprint density at radius 2 is 2.25 bits per heavy atom. The second-order valence-corrected chi connectivity index (χ2v) is 6.93. The van der Waals surface area contributed by atoms with E-state index in [1.54, 1.807) is 35.3 Å². The average molecular weight is 367 g/mol. The van der Waals surface area contributed by atoms with E-state index in [-0.39, 0.29) is 5.91 Å². The van der Waals surface area contributed by atoms with Crippen LogP contribution >= 0.6 is 23.2 Å². The number of likely N-dealkylation sites (tertiary alicyclic amines) is 1. The van der Waals surface area contributed by atoms with Gasteiger partial charge in [-0.2, -0.15) is 5.10 Å². The molecule has 7 heteroatoms. The summed E-state index contributed by atoms with van der Waals surface area (Å²) < 4.78 is 1.61. The zero-order chi connectivity index (χ0) is 17.1. The molecule has 1 aromatic carbocycles. The van der Waals surface area contributed by atoms with Crippen molar-refractivity contribution in [2.75, 3.05) is 26.7 Å². The first-order chi connectivity index (χ1) is 11.6. The molecule has 2 heterocycles. The molecule has 0 saturated carbocycles. The largest absolute Gasteiger partial charge is 0.338 e. The molecule has 1 atom stereocenters. The molecular formula is C17H20Cl2N4O. The highest BCUT2D eigenvalue weighted by Gasteiger charge is 2.25. The van der Waals surface area contributed by atoms with Gasteiger partial charge in [-0.25, -0.2) is 4.68 Å². The number of halogens is 2. The van der Waals surface area contributed by atoms with Gasteiger partial charge in [0.1, 0.15) is 0 Å². The fourth-order valence-electron chi connectivity index (χ4n) is 3.12. The Hall–Kier alpha value is -1.56. The van der Waals surface area contributed by atoms with Gasteiger partial charge in [0, 0.05) is 24.3 Å². The molecule has 1 unspecified atom stereocenters. The normalized spacial score (nSPS) is 18.0. The maximum absolute atomic E-state index is 12.7. The van der Waals surface area contributed by atoms with Crippen LogP contribution in [-0.4, -0.2) is 47.3 Å². The Kier molecular flexibility index (Phi) is 5.43. The fraction of sp³-hybridized carbons (Fsp3) is 0.412. The first-order valence-corrected chi connectivity index (χ1v) is 8.78. The summed E-state index contributed by atoms with van der Waals surface area (Å²) in [5, 5.41) is 8.53. The van der Waals surface area contributed by atoms with Gasteiger partial charge in [-0.1, -0.05) is 23.2 Å². The quantitative estimate of drug-likeness (QED) is 0.903. The SMILES string of the molecule is CNCC1CCCN(C(=O)c2cnn(-c3ccc(Cl)cc3Cl)c2)C1. The van der Waals surface area contributed by atoms with E-state index in [2.05, 4.69) is 10.4 Å². The zero-order valence-corrected chi connectivity index (χ0v) is 15.0. The van der Waals surface area contributed by atoms with Gasteiger partial charge >= 0.3 is 0 Å². The molecule has 0 aliphatic carbocycles. The van der Waals surface area contributed by atoms with Gasteiger partial charge in [0.2, 0.25) is 0 Å². The number of piperidine rings is 1. The summed E-state index contributed by atoms with van der Waals surface area (Å²) in [7, 11) is 1.95. The number of nitrogens with one attached hydrogen (secondary N) is 1. The zero-order valence-electron chi connectivity index (χ0n) is 13.5. The number of carbonyl (C=O) groups is 1. The molecule has 1 amide bonds. The smallest absolute Gasteiger partial charge is 0.257 e. The molecule has 24 heavy (non-hydrogen) atoms. The first-order valence-electron chi connectivity index (χ1n) is 8.02. The number of hydrogen-bond donors (Lipinski definition) is 1. The van der Waals surface area contributed by atoms with Crippen LogP contribution in [0.1, 0.15) is 23.2 Å². The number of amides is 1. The van der Waals surface area contributed by atoms with Crippen molar-refractivity contribution in [2.24, 2.45) is 5.92 Å². The molecule has 128 valence electrons. The van der Waals surface area contributed by atoms with Crippen LogP contribution in [0.5, 0.6) is 0 Å². The minimum Gasteiger partial charge on any atom is -0.338 e. The third-order valence-corrected chi connectivity index (χ3v) is 4.82. The predicted octanol–water partition coefficient (Wildman–Crippen LogP) is 3.25. The molecule has 1 aromatic heterocycles. The minimum absolute atomic E-state index is 0.0205. The van der Waals surface area contributed by atoms with Crippen molar-refractivity contribution in [3.8, 4) is 5.69 Å². The van der Waals surface area contributed by atoms with Crippen molar-refractivity contribution in [3.63, 3.8) is 0 Å². The van der Waals surface area contributed by atoms with Crippen molar-refractivity contribution >= 4 is 29.1 Å². The molecule has 3 rings (SSSR count). The van der Waals surface area contributed by atoms with Crippen LogP contribution in [0.3, 0.4) is 0 Å². The van der Waals surface area contributed by atoms with Gasteiger partial charge in [-0.15, -0.1) is 0 Å². The molecule has 1 N–H and O–H groups in total. The maximum Gasteiger partial charge on any atom is 0.257 e. The lowest BCUT2D eigenvalue weighted by Crippen LogP contribution is -2.42. The number of carbonyl (C=O) groups excluding carboxylic acids is 1. The van der Waals surface area contributed by atoms with Gasteiger partial charge in [0.05, 0.1) is 22.5 Å². The highest BCUT2D eigenvalue weighted by atomic mass is 35.5. The summed E-state index contributed by atoms with van der Waals surface area (Å²) in [6, 6.07) is 5.20. The summed E-state index contributed by atoms with van der Waals surface area (Å²) in [6.07, 6.45) is 5.51. The lowest BCUT2D eigenvalue weighted by atomic mass is 9.97. The molecule has 0 radical (unpaired) electrons. The molecule has 2 aromatic rings. The number of aromatic nitrogens is 2. The standard InChI is InChI=1S/C17H20Cl2N4O/c1-20-8-12-3-2-6-22(10-12)17(24)13-9-21-23(11-13)16-5-4-14(18)7-15(16)19/h4-5,7,9,11-12,20H,2-3,6,8,10H2,1H3. The van der Waals surface area contributed by atoms with Crippen LogP contribution in [0.2, 0.25) is 10.0 Å². The molecule has 1 aliphatic heterocycles. The van der Waals surface area contributed by atoms with Gasteiger partial charge in [-0.05, 0) is 50.6 Å². The van der Waals surface area contributed by atoms with Gasteiger partial charge in [-0.3, -0.25) is 4.79 Å². The number of benzene rings is 1. The van der Waals surface area contributed by atoms with Crippen LogP contribution in [0, 0.1) is 5.92 Å². The van der Waals surface area contributed by atoms with E-state index in [9.17, 15) is 4.79 Å². The van der Waals surface area contributed by atoms with E-state index < -0.39 is 0 Å². The van der Waals surface area contributed by atoms with Gasteiger partial charge in [0.25, 0.3) is 5.91 Å². The molecule has 1 aliphatic rings. The maximum atomic E-state index is 12.7. The number of hydrogen-bond acceptors (Lipinski definition) is 3. The first kappa shape index (κ1) is 17.3. The van der Waals surface area contributed by atoms with E-state index in [4.69, 9.17) is 23.2 Å². The van der Waals surface area contributed by atoms with Crippen LogP contribution < -0.4 is 5.32 Å². The lowest BCUT2D eigenvalue weighted by Gasteiger charge is -2.32. The lowest BCUT2D eigenvalue weighted by molar-refractivity contribution is 0.0674. The Labute approximate surface area is 151 Å². The van der Waals surface area contributed by atoms with E-state index in [0.717, 1.165) is 32.5 Å². The highest BCUT2D eigenvalue weighted by molar-refractivity contribution is 6.35. The third kappa shape index (κ3) is 3.74. The van der Waals surface area contributed by atoms with E-state index in [1.165, 1.54) is 0 Å². The van der Waals surface area contributed by atoms with Crippen LogP contribution in [0.15, 0.2) is 30.6 Å². The molecule has 1 fully saturated rings. The molecule has 1 saturated heterocycles. The predicted molar refractivity (Wildman–Crippen MR) is 96.1 cm³/mol. The van der Waals surface area contributed by atoms with Crippen LogP contribution in [0.4, 0.5) is 0 Å². The Morgan fingerprint density at radius 3 is 3.00 bits per heavy atom. The molecular weight excluding hydrogens is 347 g/mol. The van der Waals surface area contributed by atoms with Crippen LogP contribution in [0.25, 0.3) is 5.69 Å². The Morgan fingerprint density at radius 1 is 1.42 bits per heavy atom. The van der Waals surface area contributed by atoms with Crippen LogP contribution in [-0.2, 0) is 0 Å². The third-order valence-electron chi connectivity index (χ3n) is 4.29. The van der Waals surface area contributed by atoms with Gasteiger partial charge in [0.15, 0.2) is 0 Å². The fourth-order valence-corrected chi connectivity index (χ4v) is 3.61. The summed E-state index contributed by atoms with van der Waals surface area (Å²) in [6.45, 7) is 2.52. The van der Waals surface area contributed by atoms with Crippen molar-refractivity contribution in [1.82, 2.24) is 20.0 Å². The van der Waals surface area contributed by atoms with E-state index in [0.29, 0.717) is 27.2 Å². The summed E-state index contributed by atoms with van der Waals surface area (Å²) in [4.78, 5) is 14.6. The summed E-state index contributed by atoms with van der Waals surface area (Å²) in [5.41, 5.74) is 1.28. The van der Waals surface area contributed by atoms with Crippen molar-refractivity contribution < 1.29 is 4.79 Å². The van der Waals surface area contributed by atoms with Crippen molar-refractivity contribution in [3.05, 3.63) is 46.2 Å². The second kappa shape index (κ2) is 7.55. The highest BCUT2D eigenvalue weighted by Crippen LogP contribution is 2.24.